The fraction of sp³-hybridized carbons (Fsp3) is 0.214. The van der Waals surface area contributed by atoms with E-state index in [1.807, 2.05) is 199 Å². The molecule has 580 valence electrons. The average Bonchev–Trinajstić information content (AvgIpc) is 0.837. The van der Waals surface area contributed by atoms with Gasteiger partial charge in [-0.3, -0.25) is 0 Å². The molecule has 0 atom stereocenters. The van der Waals surface area contributed by atoms with Crippen LogP contribution in [0.4, 0.5) is 0 Å². The number of hydrogen-bond acceptors (Lipinski definition) is 18. The van der Waals surface area contributed by atoms with Crippen molar-refractivity contribution >= 4 is 116 Å². The Balaban J connectivity index is -0.00000118. The first-order valence-electron chi connectivity index (χ1n) is 32.7. The number of hydrogen-bond donors (Lipinski definition) is 6. The van der Waals surface area contributed by atoms with Crippen molar-refractivity contribution in [2.75, 3.05) is 56.9 Å². The maximum Gasteiger partial charge on any atom is 0.488 e. The van der Waals surface area contributed by atoms with Crippen LogP contribution in [0.1, 0.15) is 132 Å². The minimum absolute atomic E-state index is 0. The average molecular weight is 1820 g/mol. The number of carboxylic acid groups (broad SMARTS) is 2. The highest BCUT2D eigenvalue weighted by molar-refractivity contribution is 14.1. The van der Waals surface area contributed by atoms with Gasteiger partial charge >= 0.3 is 42.9 Å². The van der Waals surface area contributed by atoms with E-state index in [0.717, 1.165) is 44.1 Å². The first kappa shape index (κ1) is 102. The van der Waals surface area contributed by atoms with Crippen molar-refractivity contribution < 1.29 is 97.1 Å². The first-order valence-corrected chi connectivity index (χ1v) is 35.9. The van der Waals surface area contributed by atoms with E-state index < -0.39 is 31.0 Å². The molecule has 10 aromatic carbocycles. The van der Waals surface area contributed by atoms with Crippen LogP contribution in [0.25, 0.3) is 33.4 Å². The predicted molar refractivity (Wildman–Crippen MR) is 457 cm³/mol. The maximum absolute atomic E-state index is 11.7. The molecule has 0 aliphatic rings. The topological polar surface area (TPSA) is 298 Å². The van der Waals surface area contributed by atoms with Crippen molar-refractivity contribution in [2.24, 2.45) is 0 Å². The summed E-state index contributed by atoms with van der Waals surface area (Å²) >= 11 is 6.23. The molecule has 6 N–H and O–H groups in total. The van der Waals surface area contributed by atoms with Crippen LogP contribution < -0.4 is 24.4 Å². The number of rotatable bonds is 14. The second-order valence-corrected chi connectivity index (χ2v) is 23.1. The molecule has 24 heteroatoms. The Morgan fingerprint density at radius 2 is 0.500 bits per heavy atom. The van der Waals surface area contributed by atoms with Crippen molar-refractivity contribution in [1.29, 1.82) is 0 Å². The third-order valence-corrected chi connectivity index (χ3v) is 15.2. The summed E-state index contributed by atoms with van der Waals surface area (Å²) in [5.74, 6) is -2.11. The molecular weight excluding hydrogens is 1720 g/mol. The summed E-state index contributed by atoms with van der Waals surface area (Å²) in [4.78, 5) is 67.1. The summed E-state index contributed by atoms with van der Waals surface area (Å²) in [6.45, 7) is 16.0. The second-order valence-electron chi connectivity index (χ2n) is 19.4. The van der Waals surface area contributed by atoms with E-state index in [-0.39, 0.29) is 49.4 Å². The molecule has 10 aromatic rings. The molecule has 10 rings (SSSR count). The SMILES string of the molecule is C.C.CC.CC.CC.CC.COC(=O)c1cc(-c2ccccc2)ccc1OC.COC(=O)c1cc(-c2ccccc2)ccc1OC.COC(=O)c1cc(I)ccc1OC.COC(=O)c1cc(I)ccc1OC.O=C(O)c1cc(-c2ccccc2)ccc1O.O=C(O)c1cc(I)ccc1O.OB(O)c1ccccc1. The number of carboxylic acids is 2. The van der Waals surface area contributed by atoms with Gasteiger partial charge in [0.2, 0.25) is 0 Å². The molecule has 0 amide bonds. The minimum atomic E-state index is -1.34. The van der Waals surface area contributed by atoms with Crippen molar-refractivity contribution in [1.82, 2.24) is 0 Å². The molecule has 0 bridgehead atoms. The van der Waals surface area contributed by atoms with Gasteiger partial charge in [0, 0.05) is 10.7 Å². The van der Waals surface area contributed by atoms with Gasteiger partial charge in [-0.05, 0) is 198 Å². The van der Waals surface area contributed by atoms with E-state index in [0.29, 0.717) is 50.7 Å². The van der Waals surface area contributed by atoms with Gasteiger partial charge in [-0.1, -0.05) is 210 Å². The normalized spacial score (nSPS) is 9.01. The third kappa shape index (κ3) is 35.6. The lowest BCUT2D eigenvalue weighted by Gasteiger charge is -2.09. The number of aromatic hydroxyl groups is 2. The van der Waals surface area contributed by atoms with Crippen LogP contribution >= 0.6 is 67.8 Å². The quantitative estimate of drug-likeness (QED) is 0.0255. The highest BCUT2D eigenvalue weighted by atomic mass is 127. The molecule has 0 spiro atoms. The van der Waals surface area contributed by atoms with E-state index in [9.17, 15) is 33.9 Å². The van der Waals surface area contributed by atoms with Gasteiger partial charge in [-0.25, -0.2) is 28.8 Å². The Morgan fingerprint density at radius 3 is 0.741 bits per heavy atom. The monoisotopic (exact) mass is 1820 g/mol. The molecule has 0 aromatic heterocycles. The van der Waals surface area contributed by atoms with Crippen LogP contribution in [0.2, 0.25) is 0 Å². The summed E-state index contributed by atoms with van der Waals surface area (Å²) in [5, 5.41) is 53.0. The van der Waals surface area contributed by atoms with Crippen molar-refractivity contribution in [2.45, 2.75) is 70.2 Å². The summed E-state index contributed by atoms with van der Waals surface area (Å²) in [5.41, 5.74) is 7.86. The third-order valence-electron chi connectivity index (χ3n) is 13.2. The molecule has 0 unspecified atom stereocenters. The number of benzene rings is 10. The molecule has 0 aliphatic heterocycles. The molecule has 0 saturated carbocycles. The van der Waals surface area contributed by atoms with Crippen LogP contribution in [0.15, 0.2) is 231 Å². The van der Waals surface area contributed by atoms with Gasteiger partial charge in [-0.15, -0.1) is 0 Å². The summed E-state index contributed by atoms with van der Waals surface area (Å²) < 4.78 is 41.8. The number of methoxy groups -OCH3 is 8. The molecular formula is C84H100BI3O20. The van der Waals surface area contributed by atoms with E-state index in [1.165, 1.54) is 81.1 Å². The molecule has 108 heavy (non-hydrogen) atoms. The van der Waals surface area contributed by atoms with Crippen molar-refractivity contribution in [3.8, 4) is 67.9 Å². The summed E-state index contributed by atoms with van der Waals surface area (Å²) in [6.07, 6.45) is 0. The van der Waals surface area contributed by atoms with Gasteiger partial charge in [0.1, 0.15) is 67.9 Å². The number of carbonyl (C=O) groups is 6. The van der Waals surface area contributed by atoms with Gasteiger partial charge in [-0.2, -0.15) is 0 Å². The molecule has 0 radical (unpaired) electrons. The standard InChI is InChI=1S/2C15H14O3.C13H10O3.2C9H9IO3.C7H5IO3.C6H7BO2.4C2H6.2CH4/c2*1-17-14-9-8-12(10-13(14)15(16)18-2)11-6-4-3-5-7-11;14-12-7-6-10(8-11(12)13(15)16)9-4-2-1-3-5-9;2*1-12-8-4-3-6(10)5-7(8)9(11)13-2;8-4-1-2-6(9)5(3-4)7(10)11;8-7(9)6-4-2-1-3-5-6;4*1-2;;/h2*3-10H,1-2H3;1-8,14H,(H,15,16);2*3-5H,1-2H3;1-3,9H,(H,10,11);1-5,8-9H;4*1-2H3;2*1H4. The van der Waals surface area contributed by atoms with Crippen LogP contribution in [0.3, 0.4) is 0 Å². The minimum Gasteiger partial charge on any atom is -0.507 e. The van der Waals surface area contributed by atoms with Crippen LogP contribution in [-0.4, -0.2) is 130 Å². The zero-order valence-electron chi connectivity index (χ0n) is 62.0. The lowest BCUT2D eigenvalue weighted by molar-refractivity contribution is 0.0588. The first-order chi connectivity index (χ1) is 51.0. The fourth-order valence-electron chi connectivity index (χ4n) is 8.30. The van der Waals surface area contributed by atoms with Gasteiger partial charge in [0.15, 0.2) is 0 Å². The Kier molecular flexibility index (Phi) is 55.9. The van der Waals surface area contributed by atoms with E-state index in [4.69, 9.17) is 53.8 Å². The lowest BCUT2D eigenvalue weighted by atomic mass is 9.81. The number of carbonyl (C=O) groups excluding carboxylic acids is 4. The predicted octanol–water partition coefficient (Wildman–Crippen LogP) is 19.7. The Hall–Kier alpha value is -10.0. The zero-order valence-corrected chi connectivity index (χ0v) is 68.5. The highest BCUT2D eigenvalue weighted by Gasteiger charge is 2.18. The van der Waals surface area contributed by atoms with Crippen LogP contribution in [-0.2, 0) is 18.9 Å². The number of aromatic carboxylic acids is 2. The van der Waals surface area contributed by atoms with E-state index in [1.54, 1.807) is 84.9 Å². The molecule has 0 fully saturated rings. The van der Waals surface area contributed by atoms with Gasteiger partial charge in [0.05, 0.1) is 56.9 Å². The van der Waals surface area contributed by atoms with E-state index >= 15 is 0 Å². The Morgan fingerprint density at radius 1 is 0.287 bits per heavy atom. The number of phenols is 2. The molecule has 20 nitrogen and oxygen atoms in total. The van der Waals surface area contributed by atoms with Crippen LogP contribution in [0.5, 0.6) is 34.5 Å². The summed E-state index contributed by atoms with van der Waals surface area (Å²) in [6, 6.07) is 68.3. The molecule has 0 saturated heterocycles. The summed E-state index contributed by atoms with van der Waals surface area (Å²) in [7, 11) is 10.2. The second kappa shape index (κ2) is 59.1. The lowest BCUT2D eigenvalue weighted by Crippen LogP contribution is -2.29. The Bertz CT molecular complexity index is 4060. The number of ether oxygens (including phenoxy) is 8. The smallest absolute Gasteiger partial charge is 0.488 e. The largest absolute Gasteiger partial charge is 0.507 e. The Labute approximate surface area is 677 Å². The highest BCUT2D eigenvalue weighted by Crippen LogP contribution is 2.30. The van der Waals surface area contributed by atoms with Gasteiger partial charge < -0.3 is 68.4 Å². The van der Waals surface area contributed by atoms with Crippen LogP contribution in [0, 0.1) is 10.7 Å². The van der Waals surface area contributed by atoms with Gasteiger partial charge in [0.25, 0.3) is 0 Å². The number of halogens is 3. The van der Waals surface area contributed by atoms with Crippen molar-refractivity contribution in [3.05, 3.63) is 275 Å². The van der Waals surface area contributed by atoms with E-state index in [2.05, 4.69) is 54.7 Å². The molecule has 0 heterocycles. The fourth-order valence-corrected chi connectivity index (χ4v) is 9.77. The maximum atomic E-state index is 11.7. The molecule has 0 aliphatic carbocycles. The number of esters is 4. The zero-order chi connectivity index (χ0) is 80.3. The van der Waals surface area contributed by atoms with Crippen molar-refractivity contribution in [3.63, 3.8) is 0 Å².